The predicted octanol–water partition coefficient (Wildman–Crippen LogP) is 8.74. The van der Waals surface area contributed by atoms with Gasteiger partial charge >= 0.3 is 0 Å². The van der Waals surface area contributed by atoms with Crippen molar-refractivity contribution >= 4 is 83.0 Å². The van der Waals surface area contributed by atoms with Gasteiger partial charge in [0, 0.05) is 26.7 Å². The van der Waals surface area contributed by atoms with Gasteiger partial charge in [-0.1, -0.05) is 121 Å². The summed E-state index contributed by atoms with van der Waals surface area (Å²) in [5, 5.41) is 10.2. The first-order valence-electron chi connectivity index (χ1n) is 14.5. The van der Waals surface area contributed by atoms with Crippen LogP contribution in [0.1, 0.15) is 0 Å². The zero-order valence-electron chi connectivity index (χ0n) is 23.2. The van der Waals surface area contributed by atoms with Crippen LogP contribution >= 0.6 is 7.14 Å². The van der Waals surface area contributed by atoms with Crippen molar-refractivity contribution in [3.63, 3.8) is 0 Å². The molecule has 0 atom stereocenters. The Morgan fingerprint density at radius 2 is 0.977 bits per heavy atom. The van der Waals surface area contributed by atoms with Crippen LogP contribution in [0, 0.1) is 0 Å². The number of hydrogen-bond donors (Lipinski definition) is 0. The first-order valence-corrected chi connectivity index (χ1v) is 16.2. The normalized spacial score (nSPS) is 12.3. The van der Waals surface area contributed by atoms with Gasteiger partial charge in [-0.3, -0.25) is 4.40 Å². The fraction of sp³-hybridized carbons (Fsp3) is 0. The summed E-state index contributed by atoms with van der Waals surface area (Å²) in [6, 6.07) is 52.1. The van der Waals surface area contributed by atoms with Crippen molar-refractivity contribution in [3.8, 4) is 0 Å². The van der Waals surface area contributed by atoms with E-state index in [2.05, 4.69) is 114 Å². The van der Waals surface area contributed by atoms with Crippen LogP contribution in [-0.2, 0) is 4.57 Å². The molecule has 7 aromatic carbocycles. The number of rotatable bonds is 3. The highest BCUT2D eigenvalue weighted by Crippen LogP contribution is 2.45. The Kier molecular flexibility index (Phi) is 5.17. The second kappa shape index (κ2) is 9.13. The quantitative estimate of drug-likeness (QED) is 0.158. The van der Waals surface area contributed by atoms with E-state index in [1.165, 1.54) is 0 Å². The standard InChI is InChI=1S/C39H25N2OP/c42-43(30-19-17-26-9-1-3-11-28(26)23-30,31-20-18-27-10-2-4-12-29(27)24-31)32-21-22-34-33-13-5-6-14-35(33)39-40-36-15-7-8-16-37(36)41(39)38(34)25-32/h1-25H. The van der Waals surface area contributed by atoms with Gasteiger partial charge in [0.2, 0.25) is 0 Å². The lowest BCUT2D eigenvalue weighted by molar-refractivity contribution is 0.592. The van der Waals surface area contributed by atoms with Crippen molar-refractivity contribution in [3.05, 3.63) is 152 Å². The molecule has 0 radical (unpaired) electrons. The van der Waals surface area contributed by atoms with E-state index in [0.29, 0.717) is 0 Å². The van der Waals surface area contributed by atoms with Crippen molar-refractivity contribution in [1.82, 2.24) is 9.38 Å². The summed E-state index contributed by atoms with van der Waals surface area (Å²) in [7, 11) is -3.30. The third-order valence-corrected chi connectivity index (χ3v) is 11.8. The molecule has 202 valence electrons. The van der Waals surface area contributed by atoms with Gasteiger partial charge in [-0.2, -0.15) is 0 Å². The molecular weight excluding hydrogens is 543 g/mol. The van der Waals surface area contributed by atoms with Gasteiger partial charge in [0.25, 0.3) is 0 Å². The van der Waals surface area contributed by atoms with E-state index in [1.807, 2.05) is 42.5 Å². The number of imidazole rings is 1. The highest BCUT2D eigenvalue weighted by Gasteiger charge is 2.31. The Balaban J connectivity index is 1.41. The van der Waals surface area contributed by atoms with E-state index in [0.717, 1.165) is 75.8 Å². The minimum absolute atomic E-state index is 0.805. The number of hydrogen-bond acceptors (Lipinski definition) is 2. The molecule has 0 unspecified atom stereocenters. The zero-order valence-corrected chi connectivity index (χ0v) is 24.1. The molecule has 0 saturated heterocycles. The summed E-state index contributed by atoms with van der Waals surface area (Å²) in [5.41, 5.74) is 3.89. The average Bonchev–Trinajstić information content (AvgIpc) is 3.47. The molecule has 0 spiro atoms. The second-order valence-electron chi connectivity index (χ2n) is 11.2. The summed E-state index contributed by atoms with van der Waals surface area (Å²) in [5.74, 6) is 0. The fourth-order valence-corrected chi connectivity index (χ4v) is 9.38. The first kappa shape index (κ1) is 24.4. The summed E-state index contributed by atoms with van der Waals surface area (Å²) < 4.78 is 18.2. The second-order valence-corrected chi connectivity index (χ2v) is 13.9. The number of aromatic nitrogens is 2. The lowest BCUT2D eigenvalue weighted by Crippen LogP contribution is -2.25. The molecule has 2 heterocycles. The summed E-state index contributed by atoms with van der Waals surface area (Å²) >= 11 is 0. The smallest absolute Gasteiger partial charge is 0.171 e. The lowest BCUT2D eigenvalue weighted by Gasteiger charge is -2.22. The third-order valence-electron chi connectivity index (χ3n) is 8.80. The Bertz CT molecular complexity index is 2530. The average molecular weight is 569 g/mol. The van der Waals surface area contributed by atoms with Gasteiger partial charge in [-0.15, -0.1) is 0 Å². The molecule has 0 bridgehead atoms. The fourth-order valence-electron chi connectivity index (χ4n) is 6.68. The van der Waals surface area contributed by atoms with Crippen LogP contribution < -0.4 is 15.9 Å². The van der Waals surface area contributed by atoms with Crippen LogP contribution in [0.5, 0.6) is 0 Å². The van der Waals surface area contributed by atoms with E-state index in [1.54, 1.807) is 0 Å². The molecule has 0 amide bonds. The van der Waals surface area contributed by atoms with Gasteiger partial charge in [0.1, 0.15) is 5.65 Å². The zero-order chi connectivity index (χ0) is 28.5. The Labute approximate surface area is 248 Å². The maximum Gasteiger partial charge on any atom is 0.171 e. The van der Waals surface area contributed by atoms with E-state index in [-0.39, 0.29) is 0 Å². The molecule has 0 aliphatic heterocycles. The van der Waals surface area contributed by atoms with Crippen LogP contribution in [0.15, 0.2) is 152 Å². The van der Waals surface area contributed by atoms with E-state index in [4.69, 9.17) is 4.98 Å². The number of pyridine rings is 1. The number of benzene rings is 7. The van der Waals surface area contributed by atoms with Crippen LogP contribution in [0.2, 0.25) is 0 Å². The Morgan fingerprint density at radius 1 is 0.442 bits per heavy atom. The first-order chi connectivity index (χ1) is 21.2. The highest BCUT2D eigenvalue weighted by atomic mass is 31.2. The Hall–Kier alpha value is -5.24. The van der Waals surface area contributed by atoms with Crippen molar-refractivity contribution in [2.24, 2.45) is 0 Å². The van der Waals surface area contributed by atoms with Crippen LogP contribution in [0.25, 0.3) is 59.9 Å². The van der Waals surface area contributed by atoms with Crippen molar-refractivity contribution < 1.29 is 4.57 Å². The molecule has 0 fully saturated rings. The van der Waals surface area contributed by atoms with Gasteiger partial charge in [-0.05, 0) is 57.3 Å². The molecule has 2 aromatic heterocycles. The number of fused-ring (bicyclic) bond motifs is 10. The topological polar surface area (TPSA) is 34.4 Å². The lowest BCUT2D eigenvalue weighted by atomic mass is 10.1. The van der Waals surface area contributed by atoms with Crippen molar-refractivity contribution in [1.29, 1.82) is 0 Å². The number of para-hydroxylation sites is 2. The molecule has 43 heavy (non-hydrogen) atoms. The molecule has 4 heteroatoms. The SMILES string of the molecule is O=P(c1ccc2ccccc2c1)(c1ccc2ccccc2c1)c1ccc2c3ccccc3c3nc4ccccc4n3c2c1. The van der Waals surface area contributed by atoms with Crippen molar-refractivity contribution in [2.75, 3.05) is 0 Å². The maximum atomic E-state index is 15.9. The number of nitrogens with zero attached hydrogens (tertiary/aromatic N) is 2. The Morgan fingerprint density at radius 3 is 1.67 bits per heavy atom. The molecule has 9 aromatic rings. The molecule has 3 nitrogen and oxygen atoms in total. The van der Waals surface area contributed by atoms with Gasteiger partial charge < -0.3 is 4.57 Å². The largest absolute Gasteiger partial charge is 0.309 e. The minimum Gasteiger partial charge on any atom is -0.309 e. The molecule has 0 aliphatic rings. The van der Waals surface area contributed by atoms with Gasteiger partial charge in [0.15, 0.2) is 7.14 Å². The van der Waals surface area contributed by atoms with E-state index >= 15 is 4.57 Å². The maximum absolute atomic E-state index is 15.9. The van der Waals surface area contributed by atoms with E-state index < -0.39 is 7.14 Å². The van der Waals surface area contributed by atoms with Crippen molar-refractivity contribution in [2.45, 2.75) is 0 Å². The van der Waals surface area contributed by atoms with Crippen LogP contribution in [0.3, 0.4) is 0 Å². The molecular formula is C39H25N2OP. The third kappa shape index (κ3) is 3.56. The molecule has 0 aliphatic carbocycles. The van der Waals surface area contributed by atoms with Gasteiger partial charge in [0.05, 0.1) is 16.6 Å². The van der Waals surface area contributed by atoms with Gasteiger partial charge in [-0.25, -0.2) is 4.98 Å². The summed E-state index contributed by atoms with van der Waals surface area (Å²) in [6.07, 6.45) is 0. The summed E-state index contributed by atoms with van der Waals surface area (Å²) in [6.45, 7) is 0. The molecule has 9 rings (SSSR count). The monoisotopic (exact) mass is 568 g/mol. The highest BCUT2D eigenvalue weighted by molar-refractivity contribution is 7.85. The van der Waals surface area contributed by atoms with E-state index in [9.17, 15) is 0 Å². The van der Waals surface area contributed by atoms with Crippen LogP contribution in [0.4, 0.5) is 0 Å². The molecule has 0 N–H and O–H groups in total. The molecule has 0 saturated carbocycles. The minimum atomic E-state index is -3.30. The van der Waals surface area contributed by atoms with Crippen LogP contribution in [-0.4, -0.2) is 9.38 Å². The predicted molar refractivity (Wildman–Crippen MR) is 182 cm³/mol. The summed E-state index contributed by atoms with van der Waals surface area (Å²) in [4.78, 5) is 5.06.